The van der Waals surface area contributed by atoms with E-state index in [2.05, 4.69) is 21.2 Å². The maximum atomic E-state index is 12.0. The molecule has 4 nitrogen and oxygen atoms in total. The number of piperidine rings is 1. The third kappa shape index (κ3) is 4.21. The standard InChI is InChI=1S/C14H19BrN2O2/c15-13-5-1-3-11(7-13)8-16-14(19)17-6-2-4-12(9-17)10-18/h1,3,5,7,12,18H,2,4,6,8-10H2,(H,16,19). The van der Waals surface area contributed by atoms with Gasteiger partial charge in [-0.25, -0.2) is 4.79 Å². The van der Waals surface area contributed by atoms with Crippen molar-refractivity contribution in [1.82, 2.24) is 10.2 Å². The lowest BCUT2D eigenvalue weighted by Crippen LogP contribution is -2.45. The highest BCUT2D eigenvalue weighted by Crippen LogP contribution is 2.16. The molecule has 0 spiro atoms. The van der Waals surface area contributed by atoms with Crippen molar-refractivity contribution >= 4 is 22.0 Å². The minimum atomic E-state index is -0.0434. The van der Waals surface area contributed by atoms with Crippen LogP contribution in [0.5, 0.6) is 0 Å². The summed E-state index contributed by atoms with van der Waals surface area (Å²) in [5.41, 5.74) is 1.07. The van der Waals surface area contributed by atoms with Crippen LogP contribution in [-0.4, -0.2) is 35.7 Å². The fourth-order valence-electron chi connectivity index (χ4n) is 2.33. The van der Waals surface area contributed by atoms with E-state index in [9.17, 15) is 4.79 Å². The molecule has 2 amide bonds. The smallest absolute Gasteiger partial charge is 0.317 e. The van der Waals surface area contributed by atoms with Crippen LogP contribution in [0.25, 0.3) is 0 Å². The van der Waals surface area contributed by atoms with Crippen molar-refractivity contribution < 1.29 is 9.90 Å². The van der Waals surface area contributed by atoms with Crippen molar-refractivity contribution in [2.24, 2.45) is 5.92 Å². The SMILES string of the molecule is O=C(NCc1cccc(Br)c1)N1CCCC(CO)C1. The molecule has 1 aliphatic heterocycles. The van der Waals surface area contributed by atoms with Crippen LogP contribution in [0.3, 0.4) is 0 Å². The Morgan fingerprint density at radius 2 is 2.37 bits per heavy atom. The number of nitrogens with zero attached hydrogens (tertiary/aromatic N) is 1. The monoisotopic (exact) mass is 326 g/mol. The van der Waals surface area contributed by atoms with Crippen molar-refractivity contribution in [3.8, 4) is 0 Å². The van der Waals surface area contributed by atoms with Crippen molar-refractivity contribution in [1.29, 1.82) is 0 Å². The van der Waals surface area contributed by atoms with Crippen molar-refractivity contribution in [3.05, 3.63) is 34.3 Å². The molecule has 1 aliphatic rings. The summed E-state index contributed by atoms with van der Waals surface area (Å²) in [6.07, 6.45) is 1.97. The van der Waals surface area contributed by atoms with E-state index in [4.69, 9.17) is 5.11 Å². The summed E-state index contributed by atoms with van der Waals surface area (Å²) in [5.74, 6) is 0.227. The van der Waals surface area contributed by atoms with E-state index in [1.165, 1.54) is 0 Å². The van der Waals surface area contributed by atoms with Crippen LogP contribution in [-0.2, 0) is 6.54 Å². The maximum absolute atomic E-state index is 12.0. The molecule has 0 radical (unpaired) electrons. The predicted octanol–water partition coefficient (Wildman–Crippen LogP) is 2.36. The van der Waals surface area contributed by atoms with Gasteiger partial charge in [0.1, 0.15) is 0 Å². The Labute approximate surface area is 121 Å². The van der Waals surface area contributed by atoms with Gasteiger partial charge in [0.05, 0.1) is 0 Å². The fraction of sp³-hybridized carbons (Fsp3) is 0.500. The maximum Gasteiger partial charge on any atom is 0.317 e. The number of rotatable bonds is 3. The van der Waals surface area contributed by atoms with Gasteiger partial charge in [0.15, 0.2) is 0 Å². The summed E-state index contributed by atoms with van der Waals surface area (Å²) >= 11 is 3.41. The first-order valence-corrected chi connectivity index (χ1v) is 7.36. The zero-order chi connectivity index (χ0) is 13.7. The molecule has 0 bridgehead atoms. The molecule has 1 unspecified atom stereocenters. The number of amides is 2. The summed E-state index contributed by atoms with van der Waals surface area (Å²) in [7, 11) is 0. The minimum Gasteiger partial charge on any atom is -0.396 e. The van der Waals surface area contributed by atoms with Crippen molar-refractivity contribution in [2.45, 2.75) is 19.4 Å². The zero-order valence-corrected chi connectivity index (χ0v) is 12.4. The molecule has 1 atom stereocenters. The Balaban J connectivity index is 1.84. The number of urea groups is 1. The molecule has 1 heterocycles. The number of halogens is 1. The van der Waals surface area contributed by atoms with Gasteiger partial charge in [0, 0.05) is 30.7 Å². The third-order valence-electron chi connectivity index (χ3n) is 3.40. The van der Waals surface area contributed by atoms with Gasteiger partial charge in [-0.2, -0.15) is 0 Å². The number of hydrogen-bond donors (Lipinski definition) is 2. The van der Waals surface area contributed by atoms with Gasteiger partial charge in [-0.3, -0.25) is 0 Å². The van der Waals surface area contributed by atoms with Gasteiger partial charge in [0.2, 0.25) is 0 Å². The van der Waals surface area contributed by atoms with E-state index in [-0.39, 0.29) is 18.6 Å². The molecule has 0 saturated carbocycles. The Bertz CT molecular complexity index is 439. The molecular weight excluding hydrogens is 308 g/mol. The first kappa shape index (κ1) is 14.3. The summed E-state index contributed by atoms with van der Waals surface area (Å²) in [4.78, 5) is 13.8. The number of hydrogen-bond acceptors (Lipinski definition) is 2. The largest absolute Gasteiger partial charge is 0.396 e. The van der Waals surface area contributed by atoms with E-state index in [1.54, 1.807) is 4.90 Å². The van der Waals surface area contributed by atoms with Crippen molar-refractivity contribution in [2.75, 3.05) is 19.7 Å². The van der Waals surface area contributed by atoms with Crippen molar-refractivity contribution in [3.63, 3.8) is 0 Å². The normalized spacial score (nSPS) is 19.3. The summed E-state index contributed by atoms with van der Waals surface area (Å²) in [6.45, 7) is 2.12. The van der Waals surface area contributed by atoms with Gasteiger partial charge in [-0.1, -0.05) is 28.1 Å². The number of likely N-dealkylation sites (tertiary alicyclic amines) is 1. The molecule has 1 aromatic carbocycles. The zero-order valence-electron chi connectivity index (χ0n) is 10.8. The molecule has 0 aliphatic carbocycles. The first-order valence-electron chi connectivity index (χ1n) is 6.57. The molecule has 1 saturated heterocycles. The number of carbonyl (C=O) groups is 1. The van der Waals surface area contributed by atoms with E-state index < -0.39 is 0 Å². The van der Waals surface area contributed by atoms with Crippen LogP contribution in [0.1, 0.15) is 18.4 Å². The first-order chi connectivity index (χ1) is 9.19. The van der Waals surface area contributed by atoms with Crippen LogP contribution in [0.4, 0.5) is 4.79 Å². The van der Waals surface area contributed by atoms with Gasteiger partial charge in [-0.05, 0) is 36.5 Å². The second-order valence-corrected chi connectivity index (χ2v) is 5.84. The van der Waals surface area contributed by atoms with Crippen LogP contribution in [0, 0.1) is 5.92 Å². The molecule has 5 heteroatoms. The average molecular weight is 327 g/mol. The molecule has 19 heavy (non-hydrogen) atoms. The Morgan fingerprint density at radius 3 is 3.11 bits per heavy atom. The molecule has 2 rings (SSSR count). The quantitative estimate of drug-likeness (QED) is 0.895. The Hall–Kier alpha value is -1.07. The number of benzene rings is 1. The van der Waals surface area contributed by atoms with Crippen LogP contribution in [0.2, 0.25) is 0 Å². The number of carbonyl (C=O) groups excluding carboxylic acids is 1. The molecular formula is C14H19BrN2O2. The van der Waals surface area contributed by atoms with Crippen LogP contribution in [0.15, 0.2) is 28.7 Å². The Morgan fingerprint density at radius 1 is 1.53 bits per heavy atom. The van der Waals surface area contributed by atoms with E-state index in [0.29, 0.717) is 13.1 Å². The van der Waals surface area contributed by atoms with Crippen LogP contribution < -0.4 is 5.32 Å². The lowest BCUT2D eigenvalue weighted by atomic mass is 9.99. The highest BCUT2D eigenvalue weighted by atomic mass is 79.9. The highest BCUT2D eigenvalue weighted by molar-refractivity contribution is 9.10. The van der Waals surface area contributed by atoms with E-state index in [1.807, 2.05) is 24.3 Å². The highest BCUT2D eigenvalue weighted by Gasteiger charge is 2.22. The second kappa shape index (κ2) is 6.91. The van der Waals surface area contributed by atoms with Gasteiger partial charge in [0.25, 0.3) is 0 Å². The predicted molar refractivity (Wildman–Crippen MR) is 77.8 cm³/mol. The number of aliphatic hydroxyl groups is 1. The van der Waals surface area contributed by atoms with Gasteiger partial charge in [-0.15, -0.1) is 0 Å². The van der Waals surface area contributed by atoms with Crippen LogP contribution >= 0.6 is 15.9 Å². The van der Waals surface area contributed by atoms with E-state index >= 15 is 0 Å². The number of aliphatic hydroxyl groups excluding tert-OH is 1. The molecule has 104 valence electrons. The second-order valence-electron chi connectivity index (χ2n) is 4.93. The third-order valence-corrected chi connectivity index (χ3v) is 3.89. The molecule has 1 aromatic rings. The van der Waals surface area contributed by atoms with E-state index in [0.717, 1.165) is 29.4 Å². The topological polar surface area (TPSA) is 52.6 Å². The fourth-order valence-corrected chi connectivity index (χ4v) is 2.78. The molecule has 2 N–H and O–H groups in total. The van der Waals surface area contributed by atoms with Gasteiger partial charge < -0.3 is 15.3 Å². The summed E-state index contributed by atoms with van der Waals surface area (Å²) < 4.78 is 1.01. The number of nitrogens with one attached hydrogen (secondary N) is 1. The lowest BCUT2D eigenvalue weighted by molar-refractivity contribution is 0.129. The van der Waals surface area contributed by atoms with Gasteiger partial charge >= 0.3 is 6.03 Å². The lowest BCUT2D eigenvalue weighted by Gasteiger charge is -2.31. The average Bonchev–Trinajstić information content (AvgIpc) is 2.45. The molecule has 0 aromatic heterocycles. The summed E-state index contributed by atoms with van der Waals surface area (Å²) in [6, 6.07) is 7.85. The molecule has 1 fully saturated rings. The minimum absolute atomic E-state index is 0.0434. The summed E-state index contributed by atoms with van der Waals surface area (Å²) in [5, 5.41) is 12.1. The Kier molecular flexibility index (Phi) is 5.22.